The van der Waals surface area contributed by atoms with Crippen molar-refractivity contribution in [3.8, 4) is 0 Å². The molecule has 0 aromatic carbocycles. The molecule has 0 fully saturated rings. The second-order valence-electron chi connectivity index (χ2n) is 5.42. The van der Waals surface area contributed by atoms with Crippen molar-refractivity contribution in [1.29, 1.82) is 0 Å². The minimum absolute atomic E-state index is 0.619. The fourth-order valence-corrected chi connectivity index (χ4v) is 3.90. The van der Waals surface area contributed by atoms with E-state index in [-0.39, 0.29) is 0 Å². The number of aliphatic hydroxyl groups excluding tert-OH is 4. The summed E-state index contributed by atoms with van der Waals surface area (Å²) >= 11 is 0. The summed E-state index contributed by atoms with van der Waals surface area (Å²) in [6, 6.07) is 0. The number of aliphatic hydroxyl groups is 4. The van der Waals surface area contributed by atoms with Gasteiger partial charge in [0.25, 0.3) is 0 Å². The summed E-state index contributed by atoms with van der Waals surface area (Å²) in [5.74, 6) is -1.24. The Balaban J connectivity index is 2.57. The molecule has 2 aliphatic carbocycles. The van der Waals surface area contributed by atoms with Crippen molar-refractivity contribution >= 4 is 9.84 Å². The van der Waals surface area contributed by atoms with Crippen molar-refractivity contribution in [3.63, 3.8) is 0 Å². The molecule has 0 amide bonds. The van der Waals surface area contributed by atoms with E-state index in [4.69, 9.17) is 22.9 Å². The van der Waals surface area contributed by atoms with E-state index in [1.807, 2.05) is 0 Å². The predicted molar refractivity (Wildman–Crippen MR) is 80.7 cm³/mol. The summed E-state index contributed by atoms with van der Waals surface area (Å²) in [5, 5.41) is 39.2. The molecule has 0 heterocycles. The van der Waals surface area contributed by atoms with Gasteiger partial charge < -0.3 is 43.4 Å². The Labute approximate surface area is 131 Å². The van der Waals surface area contributed by atoms with Gasteiger partial charge in [0.05, 0.1) is 9.81 Å². The minimum atomic E-state index is -4.48. The van der Waals surface area contributed by atoms with E-state index in [2.05, 4.69) is 0 Å². The van der Waals surface area contributed by atoms with Crippen LogP contribution < -0.4 is 22.9 Å². The van der Waals surface area contributed by atoms with Gasteiger partial charge in [0.1, 0.15) is 23.7 Å². The van der Waals surface area contributed by atoms with E-state index in [0.717, 1.165) is 24.3 Å². The molecule has 2 atom stereocenters. The first-order valence-electron chi connectivity index (χ1n) is 6.34. The molecule has 128 valence electrons. The number of hydrogen-bond acceptors (Lipinski definition) is 10. The van der Waals surface area contributed by atoms with Gasteiger partial charge in [-0.1, -0.05) is 0 Å². The molecule has 0 aromatic heterocycles. The zero-order valence-corrected chi connectivity index (χ0v) is 12.6. The lowest BCUT2D eigenvalue weighted by molar-refractivity contribution is 0.109. The molecule has 12 N–H and O–H groups in total. The second kappa shape index (κ2) is 5.14. The first-order valence-corrected chi connectivity index (χ1v) is 7.82. The number of allylic oxidation sites excluding steroid dienone is 4. The van der Waals surface area contributed by atoms with E-state index in [9.17, 15) is 28.8 Å². The topological polar surface area (TPSA) is 219 Å². The van der Waals surface area contributed by atoms with Crippen LogP contribution in [0.2, 0.25) is 0 Å². The van der Waals surface area contributed by atoms with Crippen LogP contribution in [0.4, 0.5) is 0 Å². The monoisotopic (exact) mass is 346 g/mol. The summed E-state index contributed by atoms with van der Waals surface area (Å²) < 4.78 is 25.3. The van der Waals surface area contributed by atoms with Crippen LogP contribution in [0, 0.1) is 0 Å². The van der Waals surface area contributed by atoms with E-state index >= 15 is 0 Å². The van der Waals surface area contributed by atoms with E-state index in [1.54, 1.807) is 0 Å². The lowest BCUT2D eigenvalue weighted by Gasteiger charge is -2.36. The standard InChI is InChI=1S/C12H18N4O6S/c13-11(14)7(17)3-1-5(9(11)19)23(21,22)6-2-4-8(18)12(15,16)10(6)20/h1-4,9-10,17-20H,13-16H2. The summed E-state index contributed by atoms with van der Waals surface area (Å²) in [6.07, 6.45) is -0.325. The molecule has 2 rings (SSSR count). The molecule has 23 heavy (non-hydrogen) atoms. The van der Waals surface area contributed by atoms with Gasteiger partial charge in [-0.15, -0.1) is 0 Å². The van der Waals surface area contributed by atoms with Gasteiger partial charge in [0, 0.05) is 0 Å². The normalized spacial score (nSPS) is 30.0. The van der Waals surface area contributed by atoms with Crippen LogP contribution in [0.3, 0.4) is 0 Å². The maximum Gasteiger partial charge on any atom is 0.204 e. The largest absolute Gasteiger partial charge is 0.509 e. The van der Waals surface area contributed by atoms with Gasteiger partial charge in [0.15, 0.2) is 11.3 Å². The Hall–Kier alpha value is -1.73. The highest BCUT2D eigenvalue weighted by Crippen LogP contribution is 2.34. The second-order valence-corrected chi connectivity index (χ2v) is 7.37. The molecule has 0 spiro atoms. The van der Waals surface area contributed by atoms with Crippen LogP contribution in [0.25, 0.3) is 0 Å². The molecule has 0 aromatic rings. The Bertz CT molecular complexity index is 704. The number of sulfone groups is 1. The Morgan fingerprint density at radius 3 is 1.39 bits per heavy atom. The lowest BCUT2D eigenvalue weighted by atomic mass is 9.97. The third kappa shape index (κ3) is 2.48. The zero-order valence-electron chi connectivity index (χ0n) is 11.8. The van der Waals surface area contributed by atoms with Crippen LogP contribution in [0.5, 0.6) is 0 Å². The van der Waals surface area contributed by atoms with E-state index in [0.29, 0.717) is 0 Å². The fourth-order valence-electron chi connectivity index (χ4n) is 2.15. The van der Waals surface area contributed by atoms with Crippen LogP contribution in [0.1, 0.15) is 0 Å². The smallest absolute Gasteiger partial charge is 0.204 e. The molecule has 2 aliphatic rings. The minimum Gasteiger partial charge on any atom is -0.509 e. The Morgan fingerprint density at radius 2 is 1.09 bits per heavy atom. The average molecular weight is 346 g/mol. The third-order valence-corrected chi connectivity index (χ3v) is 5.72. The van der Waals surface area contributed by atoms with Crippen molar-refractivity contribution in [2.24, 2.45) is 22.9 Å². The van der Waals surface area contributed by atoms with Gasteiger partial charge in [-0.3, -0.25) is 0 Å². The van der Waals surface area contributed by atoms with Gasteiger partial charge >= 0.3 is 0 Å². The molecule has 2 unspecified atom stereocenters. The number of rotatable bonds is 2. The maximum atomic E-state index is 12.6. The van der Waals surface area contributed by atoms with Crippen molar-refractivity contribution in [3.05, 3.63) is 45.6 Å². The van der Waals surface area contributed by atoms with Crippen molar-refractivity contribution in [1.82, 2.24) is 0 Å². The molecule has 0 aliphatic heterocycles. The fraction of sp³-hybridized carbons (Fsp3) is 0.333. The summed E-state index contributed by atoms with van der Waals surface area (Å²) in [5.41, 5.74) is 17.6. The number of nitrogens with two attached hydrogens (primary N) is 4. The molecule has 0 bridgehead atoms. The molecular formula is C12H18N4O6S. The van der Waals surface area contributed by atoms with Gasteiger partial charge in [-0.2, -0.15) is 0 Å². The van der Waals surface area contributed by atoms with E-state index in [1.165, 1.54) is 0 Å². The van der Waals surface area contributed by atoms with Crippen LogP contribution in [0.15, 0.2) is 45.6 Å². The van der Waals surface area contributed by atoms with Gasteiger partial charge in [-0.05, 0) is 24.3 Å². The molecule has 0 saturated heterocycles. The molecule has 11 heteroatoms. The lowest BCUT2D eigenvalue weighted by Crippen LogP contribution is -2.64. The molecular weight excluding hydrogens is 328 g/mol. The highest BCUT2D eigenvalue weighted by Gasteiger charge is 2.48. The van der Waals surface area contributed by atoms with Crippen molar-refractivity contribution < 1.29 is 28.8 Å². The van der Waals surface area contributed by atoms with E-state index < -0.39 is 54.7 Å². The molecule has 10 nitrogen and oxygen atoms in total. The quantitative estimate of drug-likeness (QED) is 0.237. The zero-order chi connectivity index (χ0) is 17.8. The summed E-state index contributed by atoms with van der Waals surface area (Å²) in [7, 11) is -4.48. The SMILES string of the molecule is NC1(N)C(O)=CC=C(S(=O)(=O)C2=CC=C(O)C(N)(N)C2O)C1O. The molecule has 0 saturated carbocycles. The summed E-state index contributed by atoms with van der Waals surface area (Å²) in [6.45, 7) is 0. The highest BCUT2D eigenvalue weighted by atomic mass is 32.2. The number of hydrogen-bond donors (Lipinski definition) is 8. The van der Waals surface area contributed by atoms with Crippen molar-refractivity contribution in [2.75, 3.05) is 0 Å². The third-order valence-electron chi connectivity index (χ3n) is 3.76. The Morgan fingerprint density at radius 1 is 0.783 bits per heavy atom. The van der Waals surface area contributed by atoms with Gasteiger partial charge in [0.2, 0.25) is 9.84 Å². The summed E-state index contributed by atoms with van der Waals surface area (Å²) in [4.78, 5) is -1.31. The van der Waals surface area contributed by atoms with Crippen LogP contribution >= 0.6 is 0 Å². The van der Waals surface area contributed by atoms with Crippen molar-refractivity contribution in [2.45, 2.75) is 23.5 Å². The first-order chi connectivity index (χ1) is 10.3. The Kier molecular flexibility index (Phi) is 3.94. The maximum absolute atomic E-state index is 12.6. The average Bonchev–Trinajstić information content (AvgIpc) is 2.43. The van der Waals surface area contributed by atoms with Crippen LogP contribution in [-0.2, 0) is 9.84 Å². The predicted octanol–water partition coefficient (Wildman–Crippen LogP) is -2.97. The highest BCUT2D eigenvalue weighted by molar-refractivity contribution is 7.99. The van der Waals surface area contributed by atoms with Crippen LogP contribution in [-0.4, -0.2) is 52.4 Å². The first kappa shape index (κ1) is 17.6. The molecule has 0 radical (unpaired) electrons. The van der Waals surface area contributed by atoms with Gasteiger partial charge in [-0.25, -0.2) is 8.42 Å².